The van der Waals surface area contributed by atoms with Crippen molar-refractivity contribution in [3.8, 4) is 11.5 Å². The van der Waals surface area contributed by atoms with Gasteiger partial charge in [0.1, 0.15) is 17.2 Å². The molecule has 2 heterocycles. The summed E-state index contributed by atoms with van der Waals surface area (Å²) >= 11 is 1.22. The van der Waals surface area contributed by atoms with E-state index in [-0.39, 0.29) is 0 Å². The summed E-state index contributed by atoms with van der Waals surface area (Å²) in [5.74, 6) is -1.26. The molecule has 3 aromatic rings. The molecule has 0 fully saturated rings. The van der Waals surface area contributed by atoms with Gasteiger partial charge in [0.15, 0.2) is 16.6 Å². The van der Waals surface area contributed by atoms with Crippen LogP contribution >= 0.6 is 11.3 Å². The van der Waals surface area contributed by atoms with Gasteiger partial charge in [0.25, 0.3) is 5.91 Å². The van der Waals surface area contributed by atoms with E-state index in [1.165, 1.54) is 28.5 Å². The molecule has 9 heteroatoms. The fraction of sp³-hybridized carbons (Fsp3) is 0.273. The van der Waals surface area contributed by atoms with E-state index >= 15 is 0 Å². The standard InChI is InChI=1S/C22H21F2N3O3S/c1-29-18-8-13-6-7-27(10-14(13)9-19(18)30-2)11-15-12-31-22(25-15)26-21(28)20-16(23)4-3-5-17(20)24/h3-5,8-9,12H,6-7,10-11H2,1-2H3,(H,25,26,28). The van der Waals surface area contributed by atoms with Gasteiger partial charge in [-0.25, -0.2) is 13.8 Å². The van der Waals surface area contributed by atoms with Crippen LogP contribution in [0.3, 0.4) is 0 Å². The molecule has 4 rings (SSSR count). The van der Waals surface area contributed by atoms with E-state index in [2.05, 4.69) is 15.2 Å². The number of methoxy groups -OCH3 is 2. The molecule has 0 atom stereocenters. The van der Waals surface area contributed by atoms with Crippen LogP contribution in [0.5, 0.6) is 11.5 Å². The smallest absolute Gasteiger partial charge is 0.263 e. The highest BCUT2D eigenvalue weighted by molar-refractivity contribution is 7.14. The Morgan fingerprint density at radius 2 is 1.84 bits per heavy atom. The minimum Gasteiger partial charge on any atom is -0.493 e. The lowest BCUT2D eigenvalue weighted by Gasteiger charge is -2.29. The fourth-order valence-electron chi connectivity index (χ4n) is 3.62. The number of hydrogen-bond acceptors (Lipinski definition) is 6. The van der Waals surface area contributed by atoms with Crippen molar-refractivity contribution in [3.05, 3.63) is 69.7 Å². The summed E-state index contributed by atoms with van der Waals surface area (Å²) in [5.41, 5.74) is 2.56. The van der Waals surface area contributed by atoms with Gasteiger partial charge < -0.3 is 9.47 Å². The normalized spacial score (nSPS) is 13.5. The first-order chi connectivity index (χ1) is 15.0. The number of nitrogens with one attached hydrogen (secondary N) is 1. The van der Waals surface area contributed by atoms with E-state index in [0.29, 0.717) is 17.4 Å². The number of benzene rings is 2. The van der Waals surface area contributed by atoms with Gasteiger partial charge in [0.05, 0.1) is 19.9 Å². The summed E-state index contributed by atoms with van der Waals surface area (Å²) < 4.78 is 38.4. The third-order valence-electron chi connectivity index (χ3n) is 5.14. The minimum atomic E-state index is -0.909. The summed E-state index contributed by atoms with van der Waals surface area (Å²) in [6, 6.07) is 7.32. The van der Waals surface area contributed by atoms with E-state index < -0.39 is 23.1 Å². The molecule has 1 aliphatic heterocycles. The number of fused-ring (bicyclic) bond motifs is 1. The van der Waals surface area contributed by atoms with Crippen LogP contribution in [-0.4, -0.2) is 36.6 Å². The number of ether oxygens (including phenoxy) is 2. The predicted octanol–water partition coefficient (Wildman–Crippen LogP) is 4.25. The van der Waals surface area contributed by atoms with Gasteiger partial charge in [0, 0.05) is 25.0 Å². The molecule has 31 heavy (non-hydrogen) atoms. The molecule has 0 bridgehead atoms. The zero-order valence-corrected chi connectivity index (χ0v) is 17.9. The van der Waals surface area contributed by atoms with Crippen LogP contribution in [0.25, 0.3) is 0 Å². The van der Waals surface area contributed by atoms with Crippen molar-refractivity contribution in [2.24, 2.45) is 0 Å². The Morgan fingerprint density at radius 1 is 1.16 bits per heavy atom. The van der Waals surface area contributed by atoms with E-state index in [1.807, 2.05) is 17.5 Å². The molecule has 0 saturated carbocycles. The lowest BCUT2D eigenvalue weighted by Crippen LogP contribution is -2.30. The Morgan fingerprint density at radius 3 is 2.52 bits per heavy atom. The molecule has 0 aliphatic carbocycles. The molecular formula is C22H21F2N3O3S. The second kappa shape index (κ2) is 8.99. The molecule has 1 aromatic heterocycles. The van der Waals surface area contributed by atoms with Crippen LogP contribution in [0.2, 0.25) is 0 Å². The van der Waals surface area contributed by atoms with Gasteiger partial charge in [-0.3, -0.25) is 15.0 Å². The zero-order valence-electron chi connectivity index (χ0n) is 17.1. The first kappa shape index (κ1) is 21.2. The Bertz CT molecular complexity index is 1100. The highest BCUT2D eigenvalue weighted by Gasteiger charge is 2.21. The van der Waals surface area contributed by atoms with E-state index in [1.54, 1.807) is 14.2 Å². The first-order valence-corrected chi connectivity index (χ1v) is 10.5. The first-order valence-electron chi connectivity index (χ1n) is 9.64. The number of hydrogen-bond donors (Lipinski definition) is 1. The Labute approximate surface area is 182 Å². The number of thiazole rings is 1. The Hall–Kier alpha value is -3.04. The van der Waals surface area contributed by atoms with Gasteiger partial charge in [-0.15, -0.1) is 11.3 Å². The minimum absolute atomic E-state index is 0.298. The molecule has 0 unspecified atom stereocenters. The quantitative estimate of drug-likeness (QED) is 0.615. The monoisotopic (exact) mass is 445 g/mol. The summed E-state index contributed by atoms with van der Waals surface area (Å²) in [5, 5.41) is 4.61. The maximum Gasteiger partial charge on any atom is 0.263 e. The van der Waals surface area contributed by atoms with Crippen LogP contribution in [0.15, 0.2) is 35.7 Å². The molecule has 2 aromatic carbocycles. The fourth-order valence-corrected chi connectivity index (χ4v) is 4.31. The van der Waals surface area contributed by atoms with Gasteiger partial charge in [0.2, 0.25) is 0 Å². The number of anilines is 1. The molecule has 6 nitrogen and oxygen atoms in total. The number of aromatic nitrogens is 1. The second-order valence-corrected chi connectivity index (χ2v) is 7.99. The molecule has 162 valence electrons. The van der Waals surface area contributed by atoms with Crippen molar-refractivity contribution in [2.75, 3.05) is 26.1 Å². The van der Waals surface area contributed by atoms with Crippen LogP contribution in [-0.2, 0) is 19.5 Å². The van der Waals surface area contributed by atoms with Gasteiger partial charge in [-0.1, -0.05) is 6.07 Å². The Balaban J connectivity index is 1.42. The third kappa shape index (κ3) is 4.52. The van der Waals surface area contributed by atoms with Crippen molar-refractivity contribution in [1.82, 2.24) is 9.88 Å². The van der Waals surface area contributed by atoms with Crippen molar-refractivity contribution < 1.29 is 23.0 Å². The molecular weight excluding hydrogens is 424 g/mol. The number of carbonyl (C=O) groups is 1. The average molecular weight is 445 g/mol. The number of rotatable bonds is 6. The lowest BCUT2D eigenvalue weighted by molar-refractivity contribution is 0.101. The summed E-state index contributed by atoms with van der Waals surface area (Å²) in [4.78, 5) is 18.9. The molecule has 1 N–H and O–H groups in total. The van der Waals surface area contributed by atoms with Crippen LogP contribution in [0.4, 0.5) is 13.9 Å². The van der Waals surface area contributed by atoms with E-state index in [0.717, 1.165) is 43.1 Å². The second-order valence-electron chi connectivity index (χ2n) is 7.13. The molecule has 0 spiro atoms. The maximum atomic E-state index is 13.8. The summed E-state index contributed by atoms with van der Waals surface area (Å²) in [7, 11) is 3.24. The molecule has 1 amide bonds. The van der Waals surface area contributed by atoms with Crippen LogP contribution in [0, 0.1) is 11.6 Å². The van der Waals surface area contributed by atoms with Crippen LogP contribution < -0.4 is 14.8 Å². The third-order valence-corrected chi connectivity index (χ3v) is 5.95. The maximum absolute atomic E-state index is 13.8. The number of carbonyl (C=O) groups excluding carboxylic acids is 1. The number of halogens is 2. The van der Waals surface area contributed by atoms with E-state index in [4.69, 9.17) is 9.47 Å². The summed E-state index contributed by atoms with van der Waals surface area (Å²) in [6.07, 6.45) is 0.871. The topological polar surface area (TPSA) is 63.7 Å². The van der Waals surface area contributed by atoms with Crippen LogP contribution in [0.1, 0.15) is 27.2 Å². The Kier molecular flexibility index (Phi) is 6.15. The SMILES string of the molecule is COc1cc2c(cc1OC)CN(Cc1csc(NC(=O)c3c(F)cccc3F)n1)CC2. The number of amides is 1. The lowest BCUT2D eigenvalue weighted by atomic mass is 9.98. The highest BCUT2D eigenvalue weighted by Crippen LogP contribution is 2.33. The summed E-state index contributed by atoms with van der Waals surface area (Å²) in [6.45, 7) is 2.17. The molecule has 0 radical (unpaired) electrons. The van der Waals surface area contributed by atoms with Gasteiger partial charge >= 0.3 is 0 Å². The van der Waals surface area contributed by atoms with E-state index in [9.17, 15) is 13.6 Å². The van der Waals surface area contributed by atoms with Gasteiger partial charge in [-0.2, -0.15) is 0 Å². The van der Waals surface area contributed by atoms with Crippen molar-refractivity contribution in [1.29, 1.82) is 0 Å². The highest BCUT2D eigenvalue weighted by atomic mass is 32.1. The van der Waals surface area contributed by atoms with Crippen molar-refractivity contribution in [2.45, 2.75) is 19.5 Å². The van der Waals surface area contributed by atoms with Crippen molar-refractivity contribution >= 4 is 22.4 Å². The zero-order chi connectivity index (χ0) is 22.0. The molecule has 1 aliphatic rings. The van der Waals surface area contributed by atoms with Gasteiger partial charge in [-0.05, 0) is 41.8 Å². The number of nitrogens with zero attached hydrogens (tertiary/aromatic N) is 2. The largest absolute Gasteiger partial charge is 0.493 e. The van der Waals surface area contributed by atoms with Crippen molar-refractivity contribution in [3.63, 3.8) is 0 Å². The predicted molar refractivity (Wildman–Crippen MR) is 114 cm³/mol. The average Bonchev–Trinajstić information content (AvgIpc) is 3.19. The molecule has 0 saturated heterocycles.